The zero-order valence-corrected chi connectivity index (χ0v) is 9.69. The highest BCUT2D eigenvalue weighted by atomic mass is 16.6. The van der Waals surface area contributed by atoms with Gasteiger partial charge in [-0.3, -0.25) is 0 Å². The number of nitrogens with zero attached hydrogens (tertiary/aromatic N) is 1. The van der Waals surface area contributed by atoms with Gasteiger partial charge in [0, 0.05) is 12.1 Å². The number of hydrogen-bond donors (Lipinski definition) is 1. The predicted molar refractivity (Wildman–Crippen MR) is 57.5 cm³/mol. The van der Waals surface area contributed by atoms with Crippen molar-refractivity contribution in [2.45, 2.75) is 63.8 Å². The van der Waals surface area contributed by atoms with Crippen molar-refractivity contribution in [3.63, 3.8) is 0 Å². The van der Waals surface area contributed by atoms with Crippen molar-refractivity contribution in [2.24, 2.45) is 5.73 Å². The molecule has 0 aromatic carbocycles. The van der Waals surface area contributed by atoms with E-state index < -0.39 is 5.60 Å². The maximum Gasteiger partial charge on any atom is 0.410 e. The van der Waals surface area contributed by atoms with Gasteiger partial charge in [-0.1, -0.05) is 0 Å². The second-order valence-electron chi connectivity index (χ2n) is 5.59. The van der Waals surface area contributed by atoms with Gasteiger partial charge >= 0.3 is 6.09 Å². The van der Waals surface area contributed by atoms with Crippen molar-refractivity contribution in [1.82, 2.24) is 4.90 Å². The van der Waals surface area contributed by atoms with E-state index in [1.165, 1.54) is 0 Å². The number of fused-ring (bicyclic) bond motifs is 2. The summed E-state index contributed by atoms with van der Waals surface area (Å²) in [5.41, 5.74) is 5.55. The summed E-state index contributed by atoms with van der Waals surface area (Å²) >= 11 is 0. The van der Waals surface area contributed by atoms with E-state index in [1.54, 1.807) is 0 Å². The van der Waals surface area contributed by atoms with Crippen LogP contribution in [0.3, 0.4) is 0 Å². The molecule has 4 heteroatoms. The summed E-state index contributed by atoms with van der Waals surface area (Å²) in [5.74, 6) is 0. The van der Waals surface area contributed by atoms with E-state index in [-0.39, 0.29) is 18.2 Å². The van der Waals surface area contributed by atoms with Gasteiger partial charge in [-0.15, -0.1) is 0 Å². The lowest BCUT2D eigenvalue weighted by Crippen LogP contribution is -2.43. The van der Waals surface area contributed by atoms with Gasteiger partial charge in [0.15, 0.2) is 0 Å². The molecule has 4 nitrogen and oxygen atoms in total. The van der Waals surface area contributed by atoms with E-state index in [2.05, 4.69) is 0 Å². The molecule has 2 saturated heterocycles. The summed E-state index contributed by atoms with van der Waals surface area (Å²) in [6.45, 7) is 5.68. The van der Waals surface area contributed by atoms with E-state index in [4.69, 9.17) is 10.5 Å². The van der Waals surface area contributed by atoms with E-state index >= 15 is 0 Å². The Morgan fingerprint density at radius 1 is 1.40 bits per heavy atom. The van der Waals surface area contributed by atoms with Gasteiger partial charge in [-0.2, -0.15) is 0 Å². The lowest BCUT2D eigenvalue weighted by Gasteiger charge is -2.27. The first kappa shape index (κ1) is 10.7. The molecule has 2 N–H and O–H groups in total. The summed E-state index contributed by atoms with van der Waals surface area (Å²) < 4.78 is 5.38. The van der Waals surface area contributed by atoms with Crippen LogP contribution < -0.4 is 5.73 Å². The van der Waals surface area contributed by atoms with Gasteiger partial charge in [-0.25, -0.2) is 4.79 Å². The second-order valence-corrected chi connectivity index (χ2v) is 5.59. The zero-order valence-electron chi connectivity index (χ0n) is 9.69. The monoisotopic (exact) mass is 212 g/mol. The first-order valence-electron chi connectivity index (χ1n) is 5.65. The average Bonchev–Trinajstić information content (AvgIpc) is 2.55. The minimum Gasteiger partial charge on any atom is -0.444 e. The van der Waals surface area contributed by atoms with E-state index in [1.807, 2.05) is 25.7 Å². The van der Waals surface area contributed by atoms with Crippen LogP contribution >= 0.6 is 0 Å². The molecular formula is C11H20N2O2. The van der Waals surface area contributed by atoms with E-state index in [0.717, 1.165) is 19.3 Å². The normalized spacial score (nSPS) is 34.7. The lowest BCUT2D eigenvalue weighted by atomic mass is 9.97. The van der Waals surface area contributed by atoms with Gasteiger partial charge in [0.05, 0.1) is 6.04 Å². The Labute approximate surface area is 90.8 Å². The molecule has 0 aromatic heterocycles. The number of carbonyl (C=O) groups excluding carboxylic acids is 1. The first-order valence-corrected chi connectivity index (χ1v) is 5.65. The minimum absolute atomic E-state index is 0.149. The Morgan fingerprint density at radius 2 is 2.07 bits per heavy atom. The predicted octanol–water partition coefficient (Wildman–Crippen LogP) is 1.49. The number of amides is 1. The Bertz CT molecular complexity index is 272. The third-order valence-corrected chi connectivity index (χ3v) is 3.19. The molecular weight excluding hydrogens is 192 g/mol. The summed E-state index contributed by atoms with van der Waals surface area (Å²) in [5, 5.41) is 0. The third-order valence-electron chi connectivity index (χ3n) is 3.19. The molecule has 2 fully saturated rings. The largest absolute Gasteiger partial charge is 0.444 e. The van der Waals surface area contributed by atoms with Crippen molar-refractivity contribution >= 4 is 6.09 Å². The van der Waals surface area contributed by atoms with Gasteiger partial charge in [0.1, 0.15) is 5.60 Å². The number of nitrogens with two attached hydrogens (primary N) is 1. The van der Waals surface area contributed by atoms with Crippen LogP contribution in [0.4, 0.5) is 4.79 Å². The van der Waals surface area contributed by atoms with Gasteiger partial charge in [0.25, 0.3) is 0 Å². The van der Waals surface area contributed by atoms with E-state index in [9.17, 15) is 4.79 Å². The molecule has 15 heavy (non-hydrogen) atoms. The van der Waals surface area contributed by atoms with Crippen molar-refractivity contribution in [3.05, 3.63) is 0 Å². The fourth-order valence-corrected chi connectivity index (χ4v) is 2.63. The number of ether oxygens (including phenoxy) is 1. The summed E-state index contributed by atoms with van der Waals surface area (Å²) in [4.78, 5) is 13.8. The van der Waals surface area contributed by atoms with Gasteiger partial charge < -0.3 is 15.4 Å². The molecule has 0 saturated carbocycles. The zero-order chi connectivity index (χ0) is 11.2. The molecule has 2 heterocycles. The highest BCUT2D eigenvalue weighted by molar-refractivity contribution is 5.70. The fourth-order valence-electron chi connectivity index (χ4n) is 2.63. The van der Waals surface area contributed by atoms with Crippen molar-refractivity contribution in [1.29, 1.82) is 0 Å². The second kappa shape index (κ2) is 3.37. The topological polar surface area (TPSA) is 55.6 Å². The Balaban J connectivity index is 2.03. The lowest BCUT2D eigenvalue weighted by molar-refractivity contribution is 0.0213. The number of rotatable bonds is 0. The van der Waals surface area contributed by atoms with E-state index in [0.29, 0.717) is 6.04 Å². The molecule has 0 radical (unpaired) electrons. The van der Waals surface area contributed by atoms with Gasteiger partial charge in [-0.05, 0) is 40.0 Å². The Morgan fingerprint density at radius 3 is 2.47 bits per heavy atom. The maximum atomic E-state index is 11.9. The Hall–Kier alpha value is -0.770. The standard InChI is InChI=1S/C11H20N2O2/c1-11(2,3)15-10(14)13-7-4-5-9(13)8(12)6-7/h7-9H,4-6,12H2,1-3H3/t7?,8-,9?/m1/s1. The SMILES string of the molecule is CC(C)(C)OC(=O)N1C2CCC1[C@H](N)C2. The van der Waals surface area contributed by atoms with Crippen molar-refractivity contribution in [2.75, 3.05) is 0 Å². The first-order chi connectivity index (χ1) is 6.88. The molecule has 0 aliphatic carbocycles. The average molecular weight is 212 g/mol. The van der Waals surface area contributed by atoms with Crippen molar-refractivity contribution < 1.29 is 9.53 Å². The molecule has 86 valence electrons. The third kappa shape index (κ3) is 1.95. The number of carbonyl (C=O) groups is 1. The van der Waals surface area contributed by atoms with Crippen LogP contribution in [-0.4, -0.2) is 34.7 Å². The van der Waals surface area contributed by atoms with Crippen LogP contribution in [0.15, 0.2) is 0 Å². The van der Waals surface area contributed by atoms with Crippen LogP contribution in [0.2, 0.25) is 0 Å². The van der Waals surface area contributed by atoms with Crippen LogP contribution in [0.25, 0.3) is 0 Å². The Kier molecular flexibility index (Phi) is 2.41. The number of hydrogen-bond acceptors (Lipinski definition) is 3. The summed E-state index contributed by atoms with van der Waals surface area (Å²) in [6.07, 6.45) is 2.86. The highest BCUT2D eigenvalue weighted by Gasteiger charge is 2.48. The quantitative estimate of drug-likeness (QED) is 0.661. The summed E-state index contributed by atoms with van der Waals surface area (Å²) in [7, 11) is 0. The molecule has 1 amide bonds. The van der Waals surface area contributed by atoms with Crippen molar-refractivity contribution in [3.8, 4) is 0 Å². The smallest absolute Gasteiger partial charge is 0.410 e. The molecule has 0 spiro atoms. The molecule has 2 rings (SSSR count). The minimum atomic E-state index is -0.413. The van der Waals surface area contributed by atoms with Crippen LogP contribution in [0, 0.1) is 0 Å². The van der Waals surface area contributed by atoms with Crippen LogP contribution in [0.5, 0.6) is 0 Å². The van der Waals surface area contributed by atoms with Crippen LogP contribution in [0.1, 0.15) is 40.0 Å². The molecule has 2 aliphatic rings. The summed E-state index contributed by atoms with van der Waals surface area (Å²) in [6, 6.07) is 0.681. The highest BCUT2D eigenvalue weighted by Crippen LogP contribution is 2.37. The molecule has 2 unspecified atom stereocenters. The maximum absolute atomic E-state index is 11.9. The molecule has 0 aromatic rings. The molecule has 2 bridgehead atoms. The fraction of sp³-hybridized carbons (Fsp3) is 0.909. The molecule has 3 atom stereocenters. The van der Waals surface area contributed by atoms with Gasteiger partial charge in [0.2, 0.25) is 0 Å². The molecule has 2 aliphatic heterocycles. The van der Waals surface area contributed by atoms with Crippen LogP contribution in [-0.2, 0) is 4.74 Å².